The molecule has 0 bridgehead atoms. The lowest BCUT2D eigenvalue weighted by atomic mass is 9.79. The highest BCUT2D eigenvalue weighted by molar-refractivity contribution is 5.85. The number of carbonyl (C=O) groups is 2. The summed E-state index contributed by atoms with van der Waals surface area (Å²) in [6.45, 7) is 3.05. The van der Waals surface area contributed by atoms with Crippen molar-refractivity contribution >= 4 is 11.8 Å². The maximum atomic E-state index is 12.0. The van der Waals surface area contributed by atoms with Gasteiger partial charge in [-0.1, -0.05) is 6.92 Å². The zero-order valence-electron chi connectivity index (χ0n) is 11.8. The van der Waals surface area contributed by atoms with E-state index in [0.29, 0.717) is 25.5 Å². The largest absolute Gasteiger partial charge is 0.383 e. The summed E-state index contributed by atoms with van der Waals surface area (Å²) >= 11 is 0. The van der Waals surface area contributed by atoms with Gasteiger partial charge in [-0.15, -0.1) is 0 Å². The molecule has 3 unspecified atom stereocenters. The minimum absolute atomic E-state index is 0.0165. The zero-order chi connectivity index (χ0) is 14.3. The van der Waals surface area contributed by atoms with Gasteiger partial charge >= 0.3 is 0 Å². The van der Waals surface area contributed by atoms with Gasteiger partial charge < -0.3 is 21.1 Å². The molecule has 1 fully saturated rings. The summed E-state index contributed by atoms with van der Waals surface area (Å²) in [7, 11) is 1.57. The zero-order valence-corrected chi connectivity index (χ0v) is 11.8. The van der Waals surface area contributed by atoms with Gasteiger partial charge in [0, 0.05) is 25.6 Å². The molecule has 1 aliphatic carbocycles. The quantitative estimate of drug-likeness (QED) is 0.575. The van der Waals surface area contributed by atoms with E-state index in [4.69, 9.17) is 10.5 Å². The fourth-order valence-electron chi connectivity index (χ4n) is 2.54. The fraction of sp³-hybridized carbons (Fsp3) is 0.846. The predicted octanol–water partition coefficient (Wildman–Crippen LogP) is -0.371. The fourth-order valence-corrected chi connectivity index (χ4v) is 2.54. The first kappa shape index (κ1) is 15.9. The average Bonchev–Trinajstić information content (AvgIpc) is 2.35. The Morgan fingerprint density at radius 1 is 1.26 bits per heavy atom. The second kappa shape index (κ2) is 8.12. The minimum atomic E-state index is -0.196. The summed E-state index contributed by atoms with van der Waals surface area (Å²) in [5, 5.41) is 5.33. The minimum Gasteiger partial charge on any atom is -0.383 e. The highest BCUT2D eigenvalue weighted by Crippen LogP contribution is 2.27. The van der Waals surface area contributed by atoms with Crippen molar-refractivity contribution in [2.75, 3.05) is 26.8 Å². The Balaban J connectivity index is 2.24. The second-order valence-electron chi connectivity index (χ2n) is 5.33. The smallest absolute Gasteiger partial charge is 0.239 e. The third-order valence-corrected chi connectivity index (χ3v) is 3.40. The molecule has 110 valence electrons. The van der Waals surface area contributed by atoms with E-state index in [1.807, 2.05) is 0 Å². The van der Waals surface area contributed by atoms with Crippen LogP contribution in [0.15, 0.2) is 0 Å². The lowest BCUT2D eigenvalue weighted by Crippen LogP contribution is -2.43. The molecule has 19 heavy (non-hydrogen) atoms. The van der Waals surface area contributed by atoms with Crippen LogP contribution < -0.4 is 16.4 Å². The van der Waals surface area contributed by atoms with E-state index < -0.39 is 0 Å². The number of amides is 2. The van der Waals surface area contributed by atoms with Gasteiger partial charge in [0.25, 0.3) is 0 Å². The van der Waals surface area contributed by atoms with Gasteiger partial charge in [0.1, 0.15) is 0 Å². The summed E-state index contributed by atoms with van der Waals surface area (Å²) in [4.78, 5) is 23.4. The normalized spacial score (nSPS) is 26.8. The summed E-state index contributed by atoms with van der Waals surface area (Å²) in [5.41, 5.74) is 5.92. The SMILES string of the molecule is COCCNC(=O)CNC(=O)C1CC(C)CC(N)C1. The van der Waals surface area contributed by atoms with Crippen LogP contribution in [0, 0.1) is 11.8 Å². The Kier molecular flexibility index (Phi) is 6.80. The van der Waals surface area contributed by atoms with Crippen molar-refractivity contribution in [3.8, 4) is 0 Å². The summed E-state index contributed by atoms with van der Waals surface area (Å²) in [6.07, 6.45) is 2.54. The van der Waals surface area contributed by atoms with E-state index in [9.17, 15) is 9.59 Å². The molecule has 0 radical (unpaired) electrons. The molecule has 0 aromatic heterocycles. The van der Waals surface area contributed by atoms with Gasteiger partial charge in [0.15, 0.2) is 0 Å². The van der Waals surface area contributed by atoms with Crippen molar-refractivity contribution < 1.29 is 14.3 Å². The third kappa shape index (κ3) is 6.02. The van der Waals surface area contributed by atoms with Gasteiger partial charge in [-0.05, 0) is 25.2 Å². The van der Waals surface area contributed by atoms with Crippen LogP contribution >= 0.6 is 0 Å². The van der Waals surface area contributed by atoms with E-state index in [2.05, 4.69) is 17.6 Å². The van der Waals surface area contributed by atoms with Gasteiger partial charge in [-0.25, -0.2) is 0 Å². The average molecular weight is 271 g/mol. The lowest BCUT2D eigenvalue weighted by Gasteiger charge is -2.30. The van der Waals surface area contributed by atoms with Crippen molar-refractivity contribution in [3.05, 3.63) is 0 Å². The molecule has 6 heteroatoms. The van der Waals surface area contributed by atoms with Gasteiger partial charge in [-0.2, -0.15) is 0 Å². The number of nitrogens with one attached hydrogen (secondary N) is 2. The van der Waals surface area contributed by atoms with Gasteiger partial charge in [-0.3, -0.25) is 9.59 Å². The highest BCUT2D eigenvalue weighted by Gasteiger charge is 2.29. The van der Waals surface area contributed by atoms with Crippen molar-refractivity contribution in [1.29, 1.82) is 0 Å². The van der Waals surface area contributed by atoms with Crippen LogP contribution in [0.25, 0.3) is 0 Å². The molecule has 1 aliphatic rings. The maximum absolute atomic E-state index is 12.0. The molecule has 3 atom stereocenters. The molecule has 0 spiro atoms. The van der Waals surface area contributed by atoms with Gasteiger partial charge in [0.05, 0.1) is 13.2 Å². The number of ether oxygens (including phenoxy) is 1. The molecule has 1 saturated carbocycles. The van der Waals surface area contributed by atoms with Crippen molar-refractivity contribution in [2.24, 2.45) is 17.6 Å². The molecule has 0 saturated heterocycles. The van der Waals surface area contributed by atoms with Crippen LogP contribution in [0.3, 0.4) is 0 Å². The first-order chi connectivity index (χ1) is 9.02. The van der Waals surface area contributed by atoms with E-state index in [1.54, 1.807) is 7.11 Å². The molecular weight excluding hydrogens is 246 g/mol. The first-order valence-corrected chi connectivity index (χ1v) is 6.81. The number of rotatable bonds is 6. The van der Waals surface area contributed by atoms with E-state index >= 15 is 0 Å². The monoisotopic (exact) mass is 271 g/mol. The van der Waals surface area contributed by atoms with Crippen LogP contribution in [-0.2, 0) is 14.3 Å². The Morgan fingerprint density at radius 3 is 2.63 bits per heavy atom. The van der Waals surface area contributed by atoms with Crippen LogP contribution in [-0.4, -0.2) is 44.7 Å². The van der Waals surface area contributed by atoms with Crippen LogP contribution in [0.5, 0.6) is 0 Å². The molecule has 0 heterocycles. The van der Waals surface area contributed by atoms with E-state index in [1.165, 1.54) is 0 Å². The number of methoxy groups -OCH3 is 1. The van der Waals surface area contributed by atoms with Crippen LogP contribution in [0.2, 0.25) is 0 Å². The van der Waals surface area contributed by atoms with E-state index in [-0.39, 0.29) is 30.3 Å². The Hall–Kier alpha value is -1.14. The van der Waals surface area contributed by atoms with E-state index in [0.717, 1.165) is 12.8 Å². The molecule has 1 rings (SSSR count). The van der Waals surface area contributed by atoms with Crippen molar-refractivity contribution in [1.82, 2.24) is 10.6 Å². The summed E-state index contributed by atoms with van der Waals surface area (Å²) in [5.74, 6) is 0.142. The lowest BCUT2D eigenvalue weighted by molar-refractivity contribution is -0.129. The molecule has 0 aliphatic heterocycles. The highest BCUT2D eigenvalue weighted by atomic mass is 16.5. The number of carbonyl (C=O) groups excluding carboxylic acids is 2. The second-order valence-corrected chi connectivity index (χ2v) is 5.33. The summed E-state index contributed by atoms with van der Waals surface area (Å²) in [6, 6.07) is 0.0926. The standard InChI is InChI=1S/C13H25N3O3/c1-9-5-10(7-11(14)6-9)13(18)16-8-12(17)15-3-4-19-2/h9-11H,3-8,14H2,1-2H3,(H,15,17)(H,16,18). The number of hydrogen-bond donors (Lipinski definition) is 3. The van der Waals surface area contributed by atoms with Gasteiger partial charge in [0.2, 0.25) is 11.8 Å². The van der Waals surface area contributed by atoms with Crippen molar-refractivity contribution in [3.63, 3.8) is 0 Å². The molecule has 0 aromatic rings. The maximum Gasteiger partial charge on any atom is 0.239 e. The first-order valence-electron chi connectivity index (χ1n) is 6.81. The van der Waals surface area contributed by atoms with Crippen LogP contribution in [0.4, 0.5) is 0 Å². The molecular formula is C13H25N3O3. The van der Waals surface area contributed by atoms with Crippen molar-refractivity contribution in [2.45, 2.75) is 32.2 Å². The Morgan fingerprint density at radius 2 is 2.00 bits per heavy atom. The Labute approximate surface area is 114 Å². The third-order valence-electron chi connectivity index (χ3n) is 3.40. The molecule has 0 aromatic carbocycles. The number of nitrogens with two attached hydrogens (primary N) is 1. The van der Waals surface area contributed by atoms with Crippen LogP contribution in [0.1, 0.15) is 26.2 Å². The molecule has 2 amide bonds. The Bertz CT molecular complexity index is 300. The molecule has 6 nitrogen and oxygen atoms in total. The summed E-state index contributed by atoms with van der Waals surface area (Å²) < 4.78 is 4.82. The number of hydrogen-bond acceptors (Lipinski definition) is 4. The predicted molar refractivity (Wildman–Crippen MR) is 72.4 cm³/mol. The molecule has 4 N–H and O–H groups in total. The topological polar surface area (TPSA) is 93.5 Å².